The van der Waals surface area contributed by atoms with Crippen molar-refractivity contribution >= 4 is 5.95 Å². The van der Waals surface area contributed by atoms with Gasteiger partial charge in [0.15, 0.2) is 0 Å². The highest BCUT2D eigenvalue weighted by Gasteiger charge is 2.16. The van der Waals surface area contributed by atoms with Gasteiger partial charge in [0.2, 0.25) is 5.95 Å². The number of hydrogen-bond donors (Lipinski definition) is 0. The summed E-state index contributed by atoms with van der Waals surface area (Å²) in [6.45, 7) is 6.04. The molecule has 0 aliphatic heterocycles. The molecule has 2 rings (SSSR count). The Hall–Kier alpha value is -1.97. The first-order valence-electron chi connectivity index (χ1n) is 7.56. The number of aromatic nitrogens is 3. The molecule has 0 aliphatic rings. The van der Waals surface area contributed by atoms with Crippen molar-refractivity contribution in [1.29, 1.82) is 0 Å². The van der Waals surface area contributed by atoms with Gasteiger partial charge >= 0.3 is 0 Å². The second-order valence-corrected chi connectivity index (χ2v) is 5.43. The largest absolute Gasteiger partial charge is 0.341 e. The number of rotatable bonds is 6. The lowest BCUT2D eigenvalue weighted by Crippen LogP contribution is -2.33. The lowest BCUT2D eigenvalue weighted by Gasteiger charge is -2.27. The fraction of sp³-hybridized carbons (Fsp3) is 0.471. The molecule has 1 atom stereocenters. The van der Waals surface area contributed by atoms with E-state index in [2.05, 4.69) is 64.2 Å². The molecule has 0 amide bonds. The summed E-state index contributed by atoms with van der Waals surface area (Å²) in [5.74, 6) is 2.34. The minimum absolute atomic E-state index is 0.436. The third-order valence-electron chi connectivity index (χ3n) is 3.79. The van der Waals surface area contributed by atoms with Crippen molar-refractivity contribution in [2.45, 2.75) is 46.1 Å². The molecule has 1 unspecified atom stereocenters. The predicted molar refractivity (Wildman–Crippen MR) is 86.5 cm³/mol. The Bertz CT molecular complexity index is 548. The first-order valence-corrected chi connectivity index (χ1v) is 7.56. The van der Waals surface area contributed by atoms with Gasteiger partial charge in [0.1, 0.15) is 11.6 Å². The lowest BCUT2D eigenvalue weighted by molar-refractivity contribution is 0.553. The van der Waals surface area contributed by atoms with Crippen molar-refractivity contribution in [1.82, 2.24) is 15.0 Å². The summed E-state index contributed by atoms with van der Waals surface area (Å²) in [5.41, 5.74) is 1.38. The number of anilines is 1. The Morgan fingerprint density at radius 3 is 2.19 bits per heavy atom. The van der Waals surface area contributed by atoms with Crippen LogP contribution in [0.25, 0.3) is 0 Å². The summed E-state index contributed by atoms with van der Waals surface area (Å²) in [6.07, 6.45) is 3.25. The van der Waals surface area contributed by atoms with E-state index in [1.54, 1.807) is 0 Å². The molecule has 0 bridgehead atoms. The van der Waals surface area contributed by atoms with Crippen LogP contribution in [0.4, 0.5) is 5.95 Å². The fourth-order valence-electron chi connectivity index (χ4n) is 2.57. The molecule has 0 saturated carbocycles. The molecule has 0 aliphatic carbocycles. The molecule has 1 aromatic heterocycles. The van der Waals surface area contributed by atoms with E-state index in [-0.39, 0.29) is 0 Å². The molecule has 0 fully saturated rings. The average Bonchev–Trinajstić information content (AvgIpc) is 2.47. The van der Waals surface area contributed by atoms with E-state index in [4.69, 9.17) is 0 Å². The zero-order valence-electron chi connectivity index (χ0n) is 13.4. The van der Waals surface area contributed by atoms with Crippen LogP contribution in [0.5, 0.6) is 0 Å². The average molecular weight is 284 g/mol. The van der Waals surface area contributed by atoms with E-state index in [0.29, 0.717) is 6.04 Å². The van der Waals surface area contributed by atoms with E-state index >= 15 is 0 Å². The van der Waals surface area contributed by atoms with Crippen LogP contribution in [0.15, 0.2) is 30.3 Å². The highest BCUT2D eigenvalue weighted by atomic mass is 15.3. The number of aryl methyl sites for hydroxylation is 3. The van der Waals surface area contributed by atoms with Gasteiger partial charge < -0.3 is 4.90 Å². The molecule has 2 aromatic rings. The van der Waals surface area contributed by atoms with Crippen LogP contribution >= 0.6 is 0 Å². The molecule has 4 heteroatoms. The maximum absolute atomic E-state index is 4.46. The van der Waals surface area contributed by atoms with E-state index in [1.165, 1.54) is 5.56 Å². The van der Waals surface area contributed by atoms with Crippen LogP contribution < -0.4 is 4.90 Å². The Labute approximate surface area is 127 Å². The van der Waals surface area contributed by atoms with Crippen LogP contribution in [0.3, 0.4) is 0 Å². The van der Waals surface area contributed by atoms with Crippen molar-refractivity contribution in [2.24, 2.45) is 0 Å². The molecule has 112 valence electrons. The molecule has 1 heterocycles. The van der Waals surface area contributed by atoms with Crippen molar-refractivity contribution < 1.29 is 0 Å². The maximum Gasteiger partial charge on any atom is 0.228 e. The zero-order valence-corrected chi connectivity index (χ0v) is 13.4. The van der Waals surface area contributed by atoms with Crippen molar-refractivity contribution in [3.8, 4) is 0 Å². The van der Waals surface area contributed by atoms with Crippen LogP contribution in [-0.4, -0.2) is 28.0 Å². The Balaban J connectivity index is 2.05. The lowest BCUT2D eigenvalue weighted by atomic mass is 10.0. The van der Waals surface area contributed by atoms with Crippen molar-refractivity contribution in [3.05, 3.63) is 47.5 Å². The molecule has 4 nitrogen and oxygen atoms in total. The topological polar surface area (TPSA) is 41.9 Å². The Kier molecular flexibility index (Phi) is 5.26. The molecule has 0 spiro atoms. The highest BCUT2D eigenvalue weighted by Crippen LogP contribution is 2.16. The van der Waals surface area contributed by atoms with Crippen LogP contribution in [0, 0.1) is 13.8 Å². The summed E-state index contributed by atoms with van der Waals surface area (Å²) < 4.78 is 0. The van der Waals surface area contributed by atoms with E-state index in [1.807, 2.05) is 13.8 Å². The van der Waals surface area contributed by atoms with Crippen LogP contribution in [-0.2, 0) is 6.42 Å². The van der Waals surface area contributed by atoms with E-state index in [0.717, 1.165) is 36.9 Å². The van der Waals surface area contributed by atoms with Gasteiger partial charge in [-0.05, 0) is 38.7 Å². The third kappa shape index (κ3) is 4.25. The van der Waals surface area contributed by atoms with Crippen molar-refractivity contribution in [3.63, 3.8) is 0 Å². The van der Waals surface area contributed by atoms with Gasteiger partial charge in [-0.15, -0.1) is 0 Å². The molecule has 1 aromatic carbocycles. The minimum atomic E-state index is 0.436. The Morgan fingerprint density at radius 2 is 1.62 bits per heavy atom. The van der Waals surface area contributed by atoms with Gasteiger partial charge in [-0.1, -0.05) is 37.3 Å². The second-order valence-electron chi connectivity index (χ2n) is 5.43. The SMILES string of the molecule is CCC(CCc1ccccc1)N(C)c1nc(C)nc(C)n1. The van der Waals surface area contributed by atoms with Gasteiger partial charge in [0.25, 0.3) is 0 Å². The molecular weight excluding hydrogens is 260 g/mol. The monoisotopic (exact) mass is 284 g/mol. The summed E-state index contributed by atoms with van der Waals surface area (Å²) >= 11 is 0. The summed E-state index contributed by atoms with van der Waals surface area (Å²) in [4.78, 5) is 15.4. The summed E-state index contributed by atoms with van der Waals surface area (Å²) in [6, 6.07) is 11.1. The van der Waals surface area contributed by atoms with Gasteiger partial charge in [0.05, 0.1) is 0 Å². The smallest absolute Gasteiger partial charge is 0.228 e. The number of nitrogens with zero attached hydrogens (tertiary/aromatic N) is 4. The van der Waals surface area contributed by atoms with Gasteiger partial charge in [-0.3, -0.25) is 0 Å². The highest BCUT2D eigenvalue weighted by molar-refractivity contribution is 5.30. The van der Waals surface area contributed by atoms with E-state index < -0.39 is 0 Å². The molecular formula is C17H24N4. The van der Waals surface area contributed by atoms with Gasteiger partial charge in [-0.2, -0.15) is 9.97 Å². The van der Waals surface area contributed by atoms with Crippen molar-refractivity contribution in [2.75, 3.05) is 11.9 Å². The van der Waals surface area contributed by atoms with Gasteiger partial charge in [-0.25, -0.2) is 4.98 Å². The fourth-order valence-corrected chi connectivity index (χ4v) is 2.57. The van der Waals surface area contributed by atoms with Crippen LogP contribution in [0.1, 0.15) is 37.0 Å². The third-order valence-corrected chi connectivity index (χ3v) is 3.79. The second kappa shape index (κ2) is 7.16. The summed E-state index contributed by atoms with van der Waals surface area (Å²) in [5, 5.41) is 0. The minimum Gasteiger partial charge on any atom is -0.341 e. The standard InChI is InChI=1S/C17H24N4/c1-5-16(12-11-15-9-7-6-8-10-15)21(4)17-19-13(2)18-14(3)20-17/h6-10,16H,5,11-12H2,1-4H3. The normalized spacial score (nSPS) is 12.2. The number of hydrogen-bond acceptors (Lipinski definition) is 4. The zero-order chi connectivity index (χ0) is 15.2. The van der Waals surface area contributed by atoms with Crippen LogP contribution in [0.2, 0.25) is 0 Å². The maximum atomic E-state index is 4.46. The molecule has 0 radical (unpaired) electrons. The summed E-state index contributed by atoms with van der Waals surface area (Å²) in [7, 11) is 2.08. The first kappa shape index (κ1) is 15.4. The van der Waals surface area contributed by atoms with Gasteiger partial charge in [0, 0.05) is 13.1 Å². The molecule has 0 saturated heterocycles. The first-order chi connectivity index (χ1) is 10.1. The molecule has 0 N–H and O–H groups in total. The predicted octanol–water partition coefficient (Wildman–Crippen LogP) is 3.34. The molecule has 21 heavy (non-hydrogen) atoms. The number of benzene rings is 1. The quantitative estimate of drug-likeness (QED) is 0.816. The Morgan fingerprint density at radius 1 is 1.00 bits per heavy atom. The van der Waals surface area contributed by atoms with E-state index in [9.17, 15) is 0 Å².